The molecular weight excluding hydrogens is 124 g/mol. The van der Waals surface area contributed by atoms with Crippen LogP contribution in [-0.4, -0.2) is 29.6 Å². The van der Waals surface area contributed by atoms with E-state index in [-0.39, 0.29) is 19.5 Å². The zero-order valence-corrected chi connectivity index (χ0v) is 4.99. The van der Waals surface area contributed by atoms with Crippen molar-refractivity contribution in [2.24, 2.45) is 0 Å². The molecule has 0 saturated carbocycles. The smallest absolute Gasteiger partial charge is 0.295 e. The average molecular weight is 134 g/mol. The summed E-state index contributed by atoms with van der Waals surface area (Å²) in [4.78, 5) is 9.53. The van der Waals surface area contributed by atoms with Gasteiger partial charge in [0.2, 0.25) is 0 Å². The van der Waals surface area contributed by atoms with Crippen LogP contribution in [0.15, 0.2) is 0 Å². The molecule has 0 bridgehead atoms. The van der Waals surface area contributed by atoms with Crippen molar-refractivity contribution >= 4 is 6.47 Å². The Morgan fingerprint density at radius 1 is 1.67 bits per heavy atom. The minimum Gasteiger partial charge on any atom is -0.438 e. The summed E-state index contributed by atoms with van der Waals surface area (Å²) in [7, 11) is 0. The van der Waals surface area contributed by atoms with Gasteiger partial charge in [0, 0.05) is 13.0 Å². The number of aliphatic hydroxyl groups excluding tert-OH is 2. The zero-order valence-electron chi connectivity index (χ0n) is 4.99. The molecule has 0 aromatic carbocycles. The molecule has 0 aliphatic rings. The van der Waals surface area contributed by atoms with E-state index in [1.165, 1.54) is 0 Å². The molecular formula is C5H10O4. The molecule has 0 saturated heterocycles. The van der Waals surface area contributed by atoms with Gasteiger partial charge in [-0.1, -0.05) is 0 Å². The molecule has 0 rings (SSSR count). The molecule has 0 aromatic rings. The van der Waals surface area contributed by atoms with Gasteiger partial charge in [-0.3, -0.25) is 4.79 Å². The first-order valence-corrected chi connectivity index (χ1v) is 2.69. The highest BCUT2D eigenvalue weighted by molar-refractivity contribution is 5.37. The lowest BCUT2D eigenvalue weighted by atomic mass is 10.3. The molecule has 4 nitrogen and oxygen atoms in total. The maximum Gasteiger partial charge on any atom is 0.295 e. The second kappa shape index (κ2) is 5.53. The van der Waals surface area contributed by atoms with Crippen molar-refractivity contribution in [1.82, 2.24) is 0 Å². The fourth-order valence-electron chi connectivity index (χ4n) is 0.398. The molecule has 0 amide bonds. The van der Waals surface area contributed by atoms with Gasteiger partial charge >= 0.3 is 0 Å². The topological polar surface area (TPSA) is 66.8 Å². The number of carbonyl (C=O) groups excluding carboxylic acids is 1. The molecule has 0 spiro atoms. The second-order valence-corrected chi connectivity index (χ2v) is 1.55. The summed E-state index contributed by atoms with van der Waals surface area (Å²) in [6, 6.07) is 0. The Morgan fingerprint density at radius 2 is 2.33 bits per heavy atom. The summed E-state index contributed by atoms with van der Waals surface area (Å²) < 4.78 is 4.11. The molecule has 0 radical (unpaired) electrons. The molecule has 0 fully saturated rings. The average Bonchev–Trinajstić information content (AvgIpc) is 1.85. The second-order valence-electron chi connectivity index (χ2n) is 1.55. The molecule has 4 heteroatoms. The number of carbonyl (C=O) groups is 1. The summed E-state index contributed by atoms with van der Waals surface area (Å²) in [6.07, 6.45) is -0.334. The predicted octanol–water partition coefficient (Wildman–Crippen LogP) is -0.750. The molecule has 9 heavy (non-hydrogen) atoms. The van der Waals surface area contributed by atoms with Crippen molar-refractivity contribution in [1.29, 1.82) is 0 Å². The van der Waals surface area contributed by atoms with E-state index in [0.29, 0.717) is 6.42 Å². The maximum atomic E-state index is 9.53. The van der Waals surface area contributed by atoms with E-state index < -0.39 is 6.29 Å². The van der Waals surface area contributed by atoms with Gasteiger partial charge in [-0.05, 0) is 6.42 Å². The lowest BCUT2D eigenvalue weighted by Crippen LogP contribution is -2.10. The molecule has 54 valence electrons. The molecule has 0 aromatic heterocycles. The third-order valence-corrected chi connectivity index (χ3v) is 0.822. The Kier molecular flexibility index (Phi) is 5.15. The Balaban J connectivity index is 3.04. The zero-order chi connectivity index (χ0) is 7.11. The van der Waals surface area contributed by atoms with Crippen LogP contribution in [0.5, 0.6) is 0 Å². The molecule has 0 aliphatic heterocycles. The van der Waals surface area contributed by atoms with Gasteiger partial charge in [0.15, 0.2) is 6.29 Å². The Bertz CT molecular complexity index is 73.4. The maximum absolute atomic E-state index is 9.53. The van der Waals surface area contributed by atoms with Gasteiger partial charge in [0.25, 0.3) is 6.47 Å². The summed E-state index contributed by atoms with van der Waals surface area (Å²) in [5.74, 6) is 0. The van der Waals surface area contributed by atoms with Crippen LogP contribution in [0.25, 0.3) is 0 Å². The van der Waals surface area contributed by atoms with Gasteiger partial charge in [0.1, 0.15) is 0 Å². The first kappa shape index (κ1) is 8.39. The molecule has 1 unspecified atom stereocenters. The van der Waals surface area contributed by atoms with Crippen molar-refractivity contribution < 1.29 is 19.7 Å². The fraction of sp³-hybridized carbons (Fsp3) is 0.800. The summed E-state index contributed by atoms with van der Waals surface area (Å²) >= 11 is 0. The van der Waals surface area contributed by atoms with Crippen LogP contribution in [-0.2, 0) is 9.53 Å². The highest BCUT2D eigenvalue weighted by Gasteiger charge is 2.00. The van der Waals surface area contributed by atoms with Crippen molar-refractivity contribution in [3.05, 3.63) is 0 Å². The van der Waals surface area contributed by atoms with E-state index in [4.69, 9.17) is 10.2 Å². The van der Waals surface area contributed by atoms with Crippen molar-refractivity contribution in [3.63, 3.8) is 0 Å². The Morgan fingerprint density at radius 3 is 2.78 bits per heavy atom. The van der Waals surface area contributed by atoms with Crippen molar-refractivity contribution in [2.45, 2.75) is 19.1 Å². The Hall–Kier alpha value is -0.610. The van der Waals surface area contributed by atoms with Crippen LogP contribution in [0.1, 0.15) is 12.8 Å². The minimum absolute atomic E-state index is 0.000717. The van der Waals surface area contributed by atoms with Gasteiger partial charge in [-0.15, -0.1) is 0 Å². The summed E-state index contributed by atoms with van der Waals surface area (Å²) in [5.41, 5.74) is 0. The van der Waals surface area contributed by atoms with Crippen LogP contribution in [0.4, 0.5) is 0 Å². The van der Waals surface area contributed by atoms with Gasteiger partial charge in [0.05, 0.1) is 0 Å². The minimum atomic E-state index is -1.06. The van der Waals surface area contributed by atoms with Crippen LogP contribution in [0.3, 0.4) is 0 Å². The first-order chi connectivity index (χ1) is 4.31. The molecule has 2 N–H and O–H groups in total. The lowest BCUT2D eigenvalue weighted by molar-refractivity contribution is -0.152. The van der Waals surface area contributed by atoms with Crippen LogP contribution < -0.4 is 0 Å². The van der Waals surface area contributed by atoms with E-state index in [2.05, 4.69) is 4.74 Å². The lowest BCUT2D eigenvalue weighted by Gasteiger charge is -2.04. The van der Waals surface area contributed by atoms with E-state index in [1.807, 2.05) is 0 Å². The van der Waals surface area contributed by atoms with E-state index in [0.717, 1.165) is 0 Å². The molecule has 0 heterocycles. The standard InChI is InChI=1S/C5H10O4/c6-3-1-2-5(8)9-4-7/h4-6,8H,1-3H2. The molecule has 0 aliphatic carbocycles. The monoisotopic (exact) mass is 134 g/mol. The van der Waals surface area contributed by atoms with Gasteiger partial charge in [-0.2, -0.15) is 0 Å². The number of aliphatic hydroxyl groups is 2. The van der Waals surface area contributed by atoms with Crippen molar-refractivity contribution in [2.75, 3.05) is 6.61 Å². The molecule has 1 atom stereocenters. The number of hydrogen-bond donors (Lipinski definition) is 2. The van der Waals surface area contributed by atoms with Gasteiger partial charge in [-0.25, -0.2) is 0 Å². The first-order valence-electron chi connectivity index (χ1n) is 2.69. The van der Waals surface area contributed by atoms with E-state index in [9.17, 15) is 4.79 Å². The Labute approximate surface area is 53.1 Å². The third-order valence-electron chi connectivity index (χ3n) is 0.822. The van der Waals surface area contributed by atoms with Crippen molar-refractivity contribution in [3.8, 4) is 0 Å². The van der Waals surface area contributed by atoms with E-state index >= 15 is 0 Å². The number of hydrogen-bond acceptors (Lipinski definition) is 4. The largest absolute Gasteiger partial charge is 0.438 e. The highest BCUT2D eigenvalue weighted by Crippen LogP contribution is 1.94. The highest BCUT2D eigenvalue weighted by atomic mass is 16.6. The predicted molar refractivity (Wildman–Crippen MR) is 29.5 cm³/mol. The van der Waals surface area contributed by atoms with Gasteiger partial charge < -0.3 is 14.9 Å². The summed E-state index contributed by atoms with van der Waals surface area (Å²) in [5, 5.41) is 16.8. The summed E-state index contributed by atoms with van der Waals surface area (Å²) in [6.45, 7) is 0.182. The third kappa shape index (κ3) is 5.26. The number of ether oxygens (including phenoxy) is 1. The van der Waals surface area contributed by atoms with E-state index in [1.54, 1.807) is 0 Å². The quantitative estimate of drug-likeness (QED) is 0.383. The number of rotatable bonds is 5. The van der Waals surface area contributed by atoms with Crippen LogP contribution in [0, 0.1) is 0 Å². The SMILES string of the molecule is O=COC(O)CCCO. The van der Waals surface area contributed by atoms with Crippen LogP contribution in [0.2, 0.25) is 0 Å². The normalized spacial score (nSPS) is 12.7. The van der Waals surface area contributed by atoms with Crippen LogP contribution >= 0.6 is 0 Å². The fourth-order valence-corrected chi connectivity index (χ4v) is 0.398.